The van der Waals surface area contributed by atoms with Crippen molar-refractivity contribution in [2.45, 2.75) is 44.8 Å². The van der Waals surface area contributed by atoms with Gasteiger partial charge in [0.25, 0.3) is 0 Å². The third kappa shape index (κ3) is 3.19. The molecule has 3 heteroatoms. The van der Waals surface area contributed by atoms with E-state index in [0.29, 0.717) is 6.04 Å². The molecule has 1 aliphatic rings. The van der Waals surface area contributed by atoms with Gasteiger partial charge in [-0.3, -0.25) is 0 Å². The molecule has 0 radical (unpaired) electrons. The Bertz CT molecular complexity index is 365. The van der Waals surface area contributed by atoms with E-state index in [1.165, 1.54) is 12.1 Å². The van der Waals surface area contributed by atoms with Crippen LogP contribution in [0.2, 0.25) is 0 Å². The Labute approximate surface area is 102 Å². The third-order valence-corrected chi connectivity index (χ3v) is 3.56. The van der Waals surface area contributed by atoms with Gasteiger partial charge in [0.05, 0.1) is 5.60 Å². The smallest absolute Gasteiger partial charge is 0.123 e. The highest BCUT2D eigenvalue weighted by molar-refractivity contribution is 5.43. The summed E-state index contributed by atoms with van der Waals surface area (Å²) in [7, 11) is 0. The SMILES string of the molecule is CCC1(C)CC(Nc2ccc(F)cc2)CCO1. The van der Waals surface area contributed by atoms with Gasteiger partial charge in [0.2, 0.25) is 0 Å². The Morgan fingerprint density at radius 2 is 2.12 bits per heavy atom. The van der Waals surface area contributed by atoms with Gasteiger partial charge in [-0.25, -0.2) is 4.39 Å². The number of hydrogen-bond donors (Lipinski definition) is 1. The minimum atomic E-state index is -0.194. The lowest BCUT2D eigenvalue weighted by Gasteiger charge is -2.38. The predicted octanol–water partition coefficient (Wildman–Crippen LogP) is 3.59. The second-order valence-electron chi connectivity index (χ2n) is 4.99. The summed E-state index contributed by atoms with van der Waals surface area (Å²) in [4.78, 5) is 0. The normalized spacial score (nSPS) is 29.0. The van der Waals surface area contributed by atoms with Crippen LogP contribution in [0.3, 0.4) is 0 Å². The molecule has 94 valence electrons. The second kappa shape index (κ2) is 5.05. The fraction of sp³-hybridized carbons (Fsp3) is 0.571. The molecule has 1 heterocycles. The first-order chi connectivity index (χ1) is 8.11. The first-order valence-electron chi connectivity index (χ1n) is 6.27. The van der Waals surface area contributed by atoms with Crippen molar-refractivity contribution in [3.8, 4) is 0 Å². The first kappa shape index (κ1) is 12.4. The van der Waals surface area contributed by atoms with Crippen molar-refractivity contribution in [1.82, 2.24) is 0 Å². The van der Waals surface area contributed by atoms with Crippen molar-refractivity contribution in [3.63, 3.8) is 0 Å². The lowest BCUT2D eigenvalue weighted by Crippen LogP contribution is -2.41. The average Bonchev–Trinajstić information content (AvgIpc) is 2.32. The number of ether oxygens (including phenoxy) is 1. The summed E-state index contributed by atoms with van der Waals surface area (Å²) in [6, 6.07) is 6.96. The Morgan fingerprint density at radius 1 is 1.41 bits per heavy atom. The lowest BCUT2D eigenvalue weighted by atomic mass is 9.90. The Hall–Kier alpha value is -1.09. The van der Waals surface area contributed by atoms with Crippen LogP contribution in [-0.4, -0.2) is 18.2 Å². The van der Waals surface area contributed by atoms with E-state index in [-0.39, 0.29) is 11.4 Å². The zero-order chi connectivity index (χ0) is 12.3. The van der Waals surface area contributed by atoms with Crippen LogP contribution in [0.5, 0.6) is 0 Å². The van der Waals surface area contributed by atoms with Crippen LogP contribution < -0.4 is 5.32 Å². The largest absolute Gasteiger partial charge is 0.382 e. The van der Waals surface area contributed by atoms with Crippen LogP contribution >= 0.6 is 0 Å². The van der Waals surface area contributed by atoms with Crippen molar-refractivity contribution in [2.24, 2.45) is 0 Å². The highest BCUT2D eigenvalue weighted by atomic mass is 19.1. The zero-order valence-corrected chi connectivity index (χ0v) is 10.5. The minimum absolute atomic E-state index is 0.0179. The number of hydrogen-bond acceptors (Lipinski definition) is 2. The number of anilines is 1. The van der Waals surface area contributed by atoms with Crippen molar-refractivity contribution < 1.29 is 9.13 Å². The standard InChI is InChI=1S/C14H20FNO/c1-3-14(2)10-13(8-9-17-14)16-12-6-4-11(15)5-7-12/h4-7,13,16H,3,8-10H2,1-2H3. The van der Waals surface area contributed by atoms with Gasteiger partial charge in [-0.05, 0) is 50.5 Å². The van der Waals surface area contributed by atoms with Gasteiger partial charge in [0.15, 0.2) is 0 Å². The van der Waals surface area contributed by atoms with Gasteiger partial charge < -0.3 is 10.1 Å². The lowest BCUT2D eigenvalue weighted by molar-refractivity contribution is -0.0708. The summed E-state index contributed by atoms with van der Waals surface area (Å²) in [5.41, 5.74) is 0.965. The molecule has 1 aromatic carbocycles. The van der Waals surface area contributed by atoms with Gasteiger partial charge in [-0.1, -0.05) is 6.92 Å². The molecule has 0 bridgehead atoms. The molecular formula is C14H20FNO. The Kier molecular flexibility index (Phi) is 3.67. The molecule has 0 saturated carbocycles. The van der Waals surface area contributed by atoms with Gasteiger partial charge in [-0.15, -0.1) is 0 Å². The molecule has 17 heavy (non-hydrogen) atoms. The van der Waals surface area contributed by atoms with E-state index in [4.69, 9.17) is 4.74 Å². The van der Waals surface area contributed by atoms with E-state index in [1.807, 2.05) is 0 Å². The molecule has 1 aromatic rings. The van der Waals surface area contributed by atoms with E-state index >= 15 is 0 Å². The van der Waals surface area contributed by atoms with Crippen molar-refractivity contribution in [1.29, 1.82) is 0 Å². The molecule has 2 nitrogen and oxygen atoms in total. The van der Waals surface area contributed by atoms with Crippen LogP contribution in [-0.2, 0) is 4.74 Å². The highest BCUT2D eigenvalue weighted by Gasteiger charge is 2.31. The highest BCUT2D eigenvalue weighted by Crippen LogP contribution is 2.29. The van der Waals surface area contributed by atoms with Crippen LogP contribution in [0, 0.1) is 5.82 Å². The topological polar surface area (TPSA) is 21.3 Å². The number of benzene rings is 1. The van der Waals surface area contributed by atoms with Crippen LogP contribution in [0.25, 0.3) is 0 Å². The molecule has 0 aliphatic carbocycles. The molecule has 2 rings (SSSR count). The molecule has 1 N–H and O–H groups in total. The summed E-state index contributed by atoms with van der Waals surface area (Å²) in [5, 5.41) is 3.45. The molecule has 1 fully saturated rings. The van der Waals surface area contributed by atoms with E-state index in [9.17, 15) is 4.39 Å². The quantitative estimate of drug-likeness (QED) is 0.867. The summed E-state index contributed by atoms with van der Waals surface area (Å²) in [5.74, 6) is -0.194. The first-order valence-corrected chi connectivity index (χ1v) is 6.27. The molecule has 2 atom stereocenters. The Morgan fingerprint density at radius 3 is 2.76 bits per heavy atom. The van der Waals surface area contributed by atoms with Crippen LogP contribution in [0.4, 0.5) is 10.1 Å². The maximum absolute atomic E-state index is 12.8. The number of rotatable bonds is 3. The van der Waals surface area contributed by atoms with Crippen molar-refractivity contribution in [3.05, 3.63) is 30.1 Å². The summed E-state index contributed by atoms with van der Waals surface area (Å²) in [6.07, 6.45) is 3.03. The number of nitrogens with one attached hydrogen (secondary N) is 1. The molecule has 2 unspecified atom stereocenters. The van der Waals surface area contributed by atoms with E-state index < -0.39 is 0 Å². The monoisotopic (exact) mass is 237 g/mol. The summed E-state index contributed by atoms with van der Waals surface area (Å²) < 4.78 is 18.6. The summed E-state index contributed by atoms with van der Waals surface area (Å²) in [6.45, 7) is 5.11. The summed E-state index contributed by atoms with van der Waals surface area (Å²) >= 11 is 0. The minimum Gasteiger partial charge on any atom is -0.382 e. The second-order valence-corrected chi connectivity index (χ2v) is 4.99. The van der Waals surface area contributed by atoms with Crippen molar-refractivity contribution >= 4 is 5.69 Å². The van der Waals surface area contributed by atoms with Gasteiger partial charge in [-0.2, -0.15) is 0 Å². The van der Waals surface area contributed by atoms with Crippen LogP contribution in [0.15, 0.2) is 24.3 Å². The maximum Gasteiger partial charge on any atom is 0.123 e. The fourth-order valence-corrected chi connectivity index (χ4v) is 2.28. The molecule has 0 aromatic heterocycles. The van der Waals surface area contributed by atoms with Crippen LogP contribution in [0.1, 0.15) is 33.1 Å². The number of halogens is 1. The molecule has 1 saturated heterocycles. The molecule has 0 amide bonds. The van der Waals surface area contributed by atoms with Crippen molar-refractivity contribution in [2.75, 3.05) is 11.9 Å². The third-order valence-electron chi connectivity index (χ3n) is 3.56. The molecule has 1 aliphatic heterocycles. The predicted molar refractivity (Wildman–Crippen MR) is 67.7 cm³/mol. The van der Waals surface area contributed by atoms with Gasteiger partial charge >= 0.3 is 0 Å². The van der Waals surface area contributed by atoms with E-state index in [2.05, 4.69) is 19.2 Å². The van der Waals surface area contributed by atoms with Gasteiger partial charge in [0, 0.05) is 18.3 Å². The Balaban J connectivity index is 1.97. The molecule has 0 spiro atoms. The average molecular weight is 237 g/mol. The van der Waals surface area contributed by atoms with Gasteiger partial charge in [0.1, 0.15) is 5.82 Å². The van der Waals surface area contributed by atoms with E-state index in [0.717, 1.165) is 31.6 Å². The zero-order valence-electron chi connectivity index (χ0n) is 10.5. The maximum atomic E-state index is 12.8. The molecular weight excluding hydrogens is 217 g/mol. The fourth-order valence-electron chi connectivity index (χ4n) is 2.28. The van der Waals surface area contributed by atoms with E-state index in [1.54, 1.807) is 12.1 Å².